The molecule has 0 aliphatic carbocycles. The quantitative estimate of drug-likeness (QED) is 0.906. The maximum Gasteiger partial charge on any atom is 0.338 e. The van der Waals surface area contributed by atoms with E-state index < -0.39 is 5.97 Å². The minimum atomic E-state index is -1.11. The number of aromatic nitrogens is 1. The number of carboxylic acids is 1. The Morgan fingerprint density at radius 3 is 2.95 bits per heavy atom. The first-order valence-corrected chi connectivity index (χ1v) is 6.64. The number of amides is 1. The molecule has 1 aromatic rings. The summed E-state index contributed by atoms with van der Waals surface area (Å²) in [6, 6.07) is 3.16. The van der Waals surface area contributed by atoms with Crippen LogP contribution in [0, 0.1) is 0 Å². The van der Waals surface area contributed by atoms with Crippen LogP contribution in [0.1, 0.15) is 53.5 Å². The molecule has 1 aliphatic heterocycles. The van der Waals surface area contributed by atoms with Crippen molar-refractivity contribution in [1.82, 2.24) is 9.88 Å². The van der Waals surface area contributed by atoms with Crippen LogP contribution in [0.15, 0.2) is 18.3 Å². The lowest BCUT2D eigenvalue weighted by atomic mass is 9.99. The van der Waals surface area contributed by atoms with Gasteiger partial charge in [0, 0.05) is 18.8 Å². The Labute approximate surface area is 112 Å². The van der Waals surface area contributed by atoms with E-state index in [1.807, 2.05) is 6.92 Å². The van der Waals surface area contributed by atoms with Crippen molar-refractivity contribution in [1.29, 1.82) is 0 Å². The SMILES string of the molecule is CCC1CCCCN1C(=O)c1ncccc1C(=O)O. The fraction of sp³-hybridized carbons (Fsp3) is 0.500. The number of carboxylic acid groups (broad SMARTS) is 1. The zero-order valence-corrected chi connectivity index (χ0v) is 11.0. The molecule has 5 nitrogen and oxygen atoms in total. The molecule has 5 heteroatoms. The number of nitrogens with zero attached hydrogens (tertiary/aromatic N) is 2. The molecule has 2 heterocycles. The highest BCUT2D eigenvalue weighted by atomic mass is 16.4. The van der Waals surface area contributed by atoms with Gasteiger partial charge >= 0.3 is 5.97 Å². The Hall–Kier alpha value is -1.91. The molecule has 102 valence electrons. The van der Waals surface area contributed by atoms with Crippen molar-refractivity contribution < 1.29 is 14.7 Å². The van der Waals surface area contributed by atoms with E-state index in [-0.39, 0.29) is 23.2 Å². The van der Waals surface area contributed by atoms with E-state index >= 15 is 0 Å². The number of pyridine rings is 1. The zero-order valence-electron chi connectivity index (χ0n) is 11.0. The predicted molar refractivity (Wildman–Crippen MR) is 70.2 cm³/mol. The van der Waals surface area contributed by atoms with Crippen LogP contribution in [0.5, 0.6) is 0 Å². The summed E-state index contributed by atoms with van der Waals surface area (Å²) in [6.07, 6.45) is 5.43. The van der Waals surface area contributed by atoms with Crippen LogP contribution in [0.4, 0.5) is 0 Å². The maximum atomic E-state index is 12.5. The Kier molecular flexibility index (Phi) is 4.14. The van der Waals surface area contributed by atoms with Gasteiger partial charge in [0.25, 0.3) is 5.91 Å². The number of rotatable bonds is 3. The number of aromatic carboxylic acids is 1. The molecular weight excluding hydrogens is 244 g/mol. The van der Waals surface area contributed by atoms with E-state index in [0.717, 1.165) is 25.7 Å². The third-order valence-corrected chi connectivity index (χ3v) is 3.60. The van der Waals surface area contributed by atoms with Gasteiger partial charge in [-0.05, 0) is 37.8 Å². The maximum absolute atomic E-state index is 12.5. The minimum Gasteiger partial charge on any atom is -0.478 e. The first-order chi connectivity index (χ1) is 9.15. The highest BCUT2D eigenvalue weighted by molar-refractivity contribution is 6.03. The number of piperidine rings is 1. The second-order valence-electron chi connectivity index (χ2n) is 4.76. The molecule has 0 radical (unpaired) electrons. The van der Waals surface area contributed by atoms with Gasteiger partial charge in [0.2, 0.25) is 0 Å². The van der Waals surface area contributed by atoms with Crippen LogP contribution in [0.3, 0.4) is 0 Å². The summed E-state index contributed by atoms with van der Waals surface area (Å²) in [4.78, 5) is 29.4. The lowest BCUT2D eigenvalue weighted by Crippen LogP contribution is -2.44. The molecule has 1 N–H and O–H groups in total. The van der Waals surface area contributed by atoms with Crippen molar-refractivity contribution in [3.05, 3.63) is 29.6 Å². The molecule has 0 saturated carbocycles. The first-order valence-electron chi connectivity index (χ1n) is 6.64. The highest BCUT2D eigenvalue weighted by Gasteiger charge is 2.29. The second kappa shape index (κ2) is 5.82. The van der Waals surface area contributed by atoms with E-state index in [1.54, 1.807) is 4.90 Å². The van der Waals surface area contributed by atoms with Crippen LogP contribution in [0.2, 0.25) is 0 Å². The summed E-state index contributed by atoms with van der Waals surface area (Å²) >= 11 is 0. The zero-order chi connectivity index (χ0) is 13.8. The van der Waals surface area contributed by atoms with Gasteiger partial charge in [0.15, 0.2) is 0 Å². The Morgan fingerprint density at radius 1 is 1.47 bits per heavy atom. The van der Waals surface area contributed by atoms with Crippen molar-refractivity contribution >= 4 is 11.9 Å². The Bertz CT molecular complexity index is 487. The summed E-state index contributed by atoms with van der Waals surface area (Å²) in [5, 5.41) is 9.13. The van der Waals surface area contributed by atoms with E-state index in [1.165, 1.54) is 18.3 Å². The molecule has 19 heavy (non-hydrogen) atoms. The summed E-state index contributed by atoms with van der Waals surface area (Å²) in [5.74, 6) is -1.37. The fourth-order valence-electron chi connectivity index (χ4n) is 2.58. The van der Waals surface area contributed by atoms with Gasteiger partial charge in [-0.15, -0.1) is 0 Å². The van der Waals surface area contributed by atoms with Gasteiger partial charge < -0.3 is 10.0 Å². The molecule has 1 unspecified atom stereocenters. The van der Waals surface area contributed by atoms with Gasteiger partial charge in [-0.1, -0.05) is 6.92 Å². The average molecular weight is 262 g/mol. The van der Waals surface area contributed by atoms with Gasteiger partial charge in [0.05, 0.1) is 5.56 Å². The number of carbonyl (C=O) groups excluding carboxylic acids is 1. The molecule has 1 fully saturated rings. The van der Waals surface area contributed by atoms with Gasteiger partial charge in [-0.3, -0.25) is 9.78 Å². The minimum absolute atomic E-state index is 0.0204. The lowest BCUT2D eigenvalue weighted by molar-refractivity contribution is 0.0584. The summed E-state index contributed by atoms with van der Waals surface area (Å²) in [5.41, 5.74) is 0.0308. The molecule has 0 aromatic carbocycles. The number of carbonyl (C=O) groups is 2. The van der Waals surface area contributed by atoms with Crippen molar-refractivity contribution in [3.8, 4) is 0 Å². The van der Waals surface area contributed by atoms with E-state index in [9.17, 15) is 9.59 Å². The molecular formula is C14H18N2O3. The lowest BCUT2D eigenvalue weighted by Gasteiger charge is -2.35. The molecule has 2 rings (SSSR count). The Morgan fingerprint density at radius 2 is 2.26 bits per heavy atom. The number of hydrogen-bond acceptors (Lipinski definition) is 3. The molecule has 1 saturated heterocycles. The third-order valence-electron chi connectivity index (χ3n) is 3.60. The summed E-state index contributed by atoms with van der Waals surface area (Å²) in [7, 11) is 0. The summed E-state index contributed by atoms with van der Waals surface area (Å²) in [6.45, 7) is 2.74. The molecule has 1 amide bonds. The summed E-state index contributed by atoms with van der Waals surface area (Å²) < 4.78 is 0. The highest BCUT2D eigenvalue weighted by Crippen LogP contribution is 2.22. The second-order valence-corrected chi connectivity index (χ2v) is 4.76. The van der Waals surface area contributed by atoms with E-state index in [0.29, 0.717) is 6.54 Å². The standard InChI is InChI=1S/C14H18N2O3/c1-2-10-6-3-4-9-16(10)13(17)12-11(14(18)19)7-5-8-15-12/h5,7-8,10H,2-4,6,9H2,1H3,(H,18,19). The monoisotopic (exact) mass is 262 g/mol. The van der Waals surface area contributed by atoms with Crippen LogP contribution >= 0.6 is 0 Å². The van der Waals surface area contributed by atoms with Crippen molar-refractivity contribution in [2.45, 2.75) is 38.6 Å². The van der Waals surface area contributed by atoms with Gasteiger partial charge in [-0.2, -0.15) is 0 Å². The van der Waals surface area contributed by atoms with Crippen LogP contribution in [-0.2, 0) is 0 Å². The van der Waals surface area contributed by atoms with Crippen molar-refractivity contribution in [3.63, 3.8) is 0 Å². The number of likely N-dealkylation sites (tertiary alicyclic amines) is 1. The average Bonchev–Trinajstić information content (AvgIpc) is 2.46. The molecule has 0 spiro atoms. The molecule has 1 aliphatic rings. The fourth-order valence-corrected chi connectivity index (χ4v) is 2.58. The van der Waals surface area contributed by atoms with Gasteiger partial charge in [0.1, 0.15) is 5.69 Å². The third kappa shape index (κ3) is 2.75. The largest absolute Gasteiger partial charge is 0.478 e. The molecule has 1 atom stereocenters. The smallest absolute Gasteiger partial charge is 0.338 e. The van der Waals surface area contributed by atoms with Crippen molar-refractivity contribution in [2.24, 2.45) is 0 Å². The number of hydrogen-bond donors (Lipinski definition) is 1. The molecule has 0 bridgehead atoms. The van der Waals surface area contributed by atoms with Crippen LogP contribution in [-0.4, -0.2) is 39.5 Å². The molecule has 1 aromatic heterocycles. The van der Waals surface area contributed by atoms with Crippen LogP contribution in [0.25, 0.3) is 0 Å². The van der Waals surface area contributed by atoms with E-state index in [4.69, 9.17) is 5.11 Å². The van der Waals surface area contributed by atoms with Gasteiger partial charge in [-0.25, -0.2) is 4.79 Å². The Balaban J connectivity index is 2.30. The normalized spacial score (nSPS) is 19.2. The topological polar surface area (TPSA) is 70.5 Å². The van der Waals surface area contributed by atoms with Crippen LogP contribution < -0.4 is 0 Å². The van der Waals surface area contributed by atoms with E-state index in [2.05, 4.69) is 4.98 Å². The predicted octanol–water partition coefficient (Wildman–Crippen LogP) is 2.18. The van der Waals surface area contributed by atoms with Crippen molar-refractivity contribution in [2.75, 3.05) is 6.54 Å². The first kappa shape index (κ1) is 13.5.